The smallest absolute Gasteiger partial charge is 0.265 e. The lowest BCUT2D eigenvalue weighted by Crippen LogP contribution is -2.36. The van der Waals surface area contributed by atoms with Crippen molar-refractivity contribution in [3.63, 3.8) is 0 Å². The number of carbonyl (C=O) groups excluding carboxylic acids is 1. The van der Waals surface area contributed by atoms with E-state index in [-0.39, 0.29) is 5.91 Å². The van der Waals surface area contributed by atoms with Gasteiger partial charge in [-0.3, -0.25) is 4.79 Å². The first kappa shape index (κ1) is 16.7. The van der Waals surface area contributed by atoms with Crippen LogP contribution in [0.5, 0.6) is 0 Å². The highest BCUT2D eigenvalue weighted by Gasteiger charge is 2.19. The number of thiophene rings is 1. The molecule has 3 aromatic heterocycles. The van der Waals surface area contributed by atoms with E-state index in [1.165, 1.54) is 11.3 Å². The number of ether oxygens (including phenoxy) is 1. The van der Waals surface area contributed by atoms with Crippen LogP contribution in [0.3, 0.4) is 0 Å². The van der Waals surface area contributed by atoms with Gasteiger partial charge in [0.1, 0.15) is 10.3 Å². The summed E-state index contributed by atoms with van der Waals surface area (Å²) in [6.45, 7) is 4.98. The van der Waals surface area contributed by atoms with Gasteiger partial charge in [-0.15, -0.1) is 11.3 Å². The van der Waals surface area contributed by atoms with Crippen molar-refractivity contribution in [1.82, 2.24) is 9.97 Å². The van der Waals surface area contributed by atoms with Crippen molar-refractivity contribution >= 4 is 60.0 Å². The minimum absolute atomic E-state index is 0.141. The van der Waals surface area contributed by atoms with E-state index in [1.807, 2.05) is 24.3 Å². The van der Waals surface area contributed by atoms with Gasteiger partial charge in [-0.05, 0) is 24.3 Å². The number of morpholine rings is 1. The zero-order chi connectivity index (χ0) is 18.4. The zero-order valence-electron chi connectivity index (χ0n) is 14.5. The number of thiazole rings is 1. The number of aryl methyl sites for hydroxylation is 1. The number of anilines is 2. The fourth-order valence-electron chi connectivity index (χ4n) is 3.04. The van der Waals surface area contributed by atoms with E-state index < -0.39 is 0 Å². The number of carbonyl (C=O) groups is 1. The van der Waals surface area contributed by atoms with E-state index in [0.29, 0.717) is 22.0 Å². The quantitative estimate of drug-likeness (QED) is 0.562. The predicted molar refractivity (Wildman–Crippen MR) is 107 cm³/mol. The number of hydrogen-bond acceptors (Lipinski definition) is 8. The van der Waals surface area contributed by atoms with Gasteiger partial charge >= 0.3 is 0 Å². The number of benzene rings is 1. The number of nitrogens with zero attached hydrogens (tertiary/aromatic N) is 3. The Bertz CT molecular complexity index is 1110. The molecule has 0 spiro atoms. The van der Waals surface area contributed by atoms with E-state index >= 15 is 0 Å². The van der Waals surface area contributed by atoms with Crippen LogP contribution in [0.25, 0.3) is 20.6 Å². The summed E-state index contributed by atoms with van der Waals surface area (Å²) in [4.78, 5) is 25.4. The first-order valence-electron chi connectivity index (χ1n) is 8.57. The van der Waals surface area contributed by atoms with Gasteiger partial charge in [0.05, 0.1) is 22.8 Å². The van der Waals surface area contributed by atoms with Gasteiger partial charge in [-0.1, -0.05) is 11.3 Å². The maximum atomic E-state index is 12.6. The summed E-state index contributed by atoms with van der Waals surface area (Å²) in [5.41, 5.74) is 2.13. The molecule has 0 atom stereocenters. The van der Waals surface area contributed by atoms with Crippen LogP contribution >= 0.6 is 22.7 Å². The second-order valence-corrected chi connectivity index (χ2v) is 8.29. The fraction of sp³-hybridized carbons (Fsp3) is 0.278. The van der Waals surface area contributed by atoms with E-state index in [4.69, 9.17) is 14.1 Å². The number of aromatic nitrogens is 2. The Hall–Kier alpha value is -2.49. The molecule has 0 unspecified atom stereocenters. The third-order valence-electron chi connectivity index (χ3n) is 4.34. The van der Waals surface area contributed by atoms with Gasteiger partial charge in [0.25, 0.3) is 5.91 Å². The average molecular weight is 400 g/mol. The van der Waals surface area contributed by atoms with Crippen LogP contribution in [0, 0.1) is 6.92 Å². The Morgan fingerprint density at radius 1 is 1.19 bits per heavy atom. The molecular weight excluding hydrogens is 384 g/mol. The Balaban J connectivity index is 1.35. The van der Waals surface area contributed by atoms with Gasteiger partial charge in [0, 0.05) is 25.7 Å². The monoisotopic (exact) mass is 400 g/mol. The summed E-state index contributed by atoms with van der Waals surface area (Å²) in [5.74, 6) is 0.465. The first-order chi connectivity index (χ1) is 13.2. The molecule has 1 N–H and O–H groups in total. The van der Waals surface area contributed by atoms with Gasteiger partial charge in [0.15, 0.2) is 16.6 Å². The number of rotatable bonds is 3. The Kier molecular flexibility index (Phi) is 4.07. The van der Waals surface area contributed by atoms with Crippen molar-refractivity contribution in [3.8, 4) is 0 Å². The van der Waals surface area contributed by atoms with Crippen LogP contribution in [-0.4, -0.2) is 42.2 Å². The number of nitrogens with one attached hydrogen (secondary N) is 1. The molecular formula is C18H16N4O3S2. The molecule has 138 valence electrons. The molecule has 4 heterocycles. The van der Waals surface area contributed by atoms with E-state index in [0.717, 1.165) is 46.5 Å². The molecule has 0 bridgehead atoms. The predicted octanol–water partition coefficient (Wildman–Crippen LogP) is 3.90. The summed E-state index contributed by atoms with van der Waals surface area (Å²) in [5, 5.41) is 3.93. The van der Waals surface area contributed by atoms with Gasteiger partial charge in [-0.2, -0.15) is 0 Å². The average Bonchev–Trinajstić information content (AvgIpc) is 3.33. The third-order valence-corrected chi connectivity index (χ3v) is 6.56. The molecule has 1 aliphatic rings. The standard InChI is InChI=1S/C18H16N4O3S2/c1-10-19-12-8-11(2-3-13(12)25-10)20-16(23)14-9-15-17(26-14)21-18(27-15)22-4-6-24-7-5-22/h2-3,8-9H,4-7H2,1H3,(H,20,23). The van der Waals surface area contributed by atoms with E-state index in [2.05, 4.69) is 15.2 Å². The molecule has 0 aliphatic carbocycles. The summed E-state index contributed by atoms with van der Waals surface area (Å²) >= 11 is 3.03. The largest absolute Gasteiger partial charge is 0.441 e. The lowest BCUT2D eigenvalue weighted by molar-refractivity contribution is 0.103. The second-order valence-electron chi connectivity index (χ2n) is 6.25. The maximum Gasteiger partial charge on any atom is 0.265 e. The molecule has 1 aromatic carbocycles. The highest BCUT2D eigenvalue weighted by molar-refractivity contribution is 7.29. The van der Waals surface area contributed by atoms with Crippen molar-refractivity contribution in [2.45, 2.75) is 6.92 Å². The lowest BCUT2D eigenvalue weighted by atomic mass is 10.3. The Morgan fingerprint density at radius 2 is 2.04 bits per heavy atom. The molecule has 0 radical (unpaired) electrons. The molecule has 1 saturated heterocycles. The van der Waals surface area contributed by atoms with Crippen LogP contribution in [0.4, 0.5) is 10.8 Å². The Labute approximate surface area is 162 Å². The van der Waals surface area contributed by atoms with Crippen LogP contribution in [0.15, 0.2) is 28.7 Å². The fourth-order valence-corrected chi connectivity index (χ4v) is 5.20. The summed E-state index contributed by atoms with van der Waals surface area (Å²) in [7, 11) is 0. The van der Waals surface area contributed by atoms with Crippen LogP contribution in [-0.2, 0) is 4.74 Å². The first-order valence-corrected chi connectivity index (χ1v) is 10.2. The SMILES string of the molecule is Cc1nc2cc(NC(=O)c3cc4sc(N5CCOCC5)nc4s3)ccc2o1. The molecule has 0 saturated carbocycles. The topological polar surface area (TPSA) is 80.5 Å². The van der Waals surface area contributed by atoms with Gasteiger partial charge in [-0.25, -0.2) is 9.97 Å². The molecule has 9 heteroatoms. The van der Waals surface area contributed by atoms with Crippen molar-refractivity contribution in [2.75, 3.05) is 36.5 Å². The molecule has 5 rings (SSSR count). The number of oxazole rings is 1. The summed E-state index contributed by atoms with van der Waals surface area (Å²) < 4.78 is 11.9. The third kappa shape index (κ3) is 3.18. The van der Waals surface area contributed by atoms with Crippen molar-refractivity contribution in [3.05, 3.63) is 35.0 Å². The minimum atomic E-state index is -0.141. The Morgan fingerprint density at radius 3 is 2.85 bits per heavy atom. The van der Waals surface area contributed by atoms with Gasteiger partial charge < -0.3 is 19.4 Å². The molecule has 27 heavy (non-hydrogen) atoms. The van der Waals surface area contributed by atoms with Crippen molar-refractivity contribution in [1.29, 1.82) is 0 Å². The lowest BCUT2D eigenvalue weighted by Gasteiger charge is -2.25. The maximum absolute atomic E-state index is 12.6. The van der Waals surface area contributed by atoms with Crippen LogP contribution in [0.2, 0.25) is 0 Å². The normalized spacial score (nSPS) is 14.9. The zero-order valence-corrected chi connectivity index (χ0v) is 16.2. The van der Waals surface area contributed by atoms with Crippen molar-refractivity contribution in [2.24, 2.45) is 0 Å². The molecule has 1 aliphatic heterocycles. The minimum Gasteiger partial charge on any atom is -0.441 e. The summed E-state index contributed by atoms with van der Waals surface area (Å²) in [6, 6.07) is 7.36. The molecule has 7 nitrogen and oxygen atoms in total. The summed E-state index contributed by atoms with van der Waals surface area (Å²) in [6.07, 6.45) is 0. The highest BCUT2D eigenvalue weighted by atomic mass is 32.1. The molecule has 1 amide bonds. The van der Waals surface area contributed by atoms with Crippen molar-refractivity contribution < 1.29 is 13.9 Å². The number of hydrogen-bond donors (Lipinski definition) is 1. The highest BCUT2D eigenvalue weighted by Crippen LogP contribution is 2.35. The molecule has 4 aromatic rings. The second kappa shape index (κ2) is 6.59. The van der Waals surface area contributed by atoms with Gasteiger partial charge in [0.2, 0.25) is 0 Å². The molecule has 1 fully saturated rings. The number of amides is 1. The van der Waals surface area contributed by atoms with E-state index in [9.17, 15) is 4.79 Å². The number of fused-ring (bicyclic) bond motifs is 2. The van der Waals surface area contributed by atoms with Crippen LogP contribution < -0.4 is 10.2 Å². The van der Waals surface area contributed by atoms with E-state index in [1.54, 1.807) is 18.3 Å². The van der Waals surface area contributed by atoms with Crippen LogP contribution in [0.1, 0.15) is 15.6 Å².